The fraction of sp³-hybridized carbons (Fsp3) is 0.267. The Bertz CT molecular complexity index is 756. The molecule has 0 radical (unpaired) electrons. The zero-order chi connectivity index (χ0) is 14.7. The van der Waals surface area contributed by atoms with E-state index in [1.165, 1.54) is 4.88 Å². The molecule has 21 heavy (non-hydrogen) atoms. The van der Waals surface area contributed by atoms with E-state index in [0.29, 0.717) is 19.0 Å². The van der Waals surface area contributed by atoms with Gasteiger partial charge in [0.05, 0.1) is 12.0 Å². The van der Waals surface area contributed by atoms with Crippen molar-refractivity contribution in [2.24, 2.45) is 0 Å². The van der Waals surface area contributed by atoms with Gasteiger partial charge in [0.15, 0.2) is 0 Å². The normalized spacial score (nSPS) is 10.8. The molecule has 0 aliphatic heterocycles. The molecular weight excluding hydrogens is 284 g/mol. The molecular formula is C15H16N4OS. The maximum absolute atomic E-state index is 5.41. The molecule has 0 bridgehead atoms. The summed E-state index contributed by atoms with van der Waals surface area (Å²) < 4.78 is 5.41. The smallest absolute Gasteiger partial charge is 0.213 e. The predicted octanol–water partition coefficient (Wildman–Crippen LogP) is 3.41. The van der Waals surface area contributed by atoms with Gasteiger partial charge in [-0.05, 0) is 31.5 Å². The van der Waals surface area contributed by atoms with Crippen LogP contribution in [0.1, 0.15) is 17.4 Å². The molecule has 0 atom stereocenters. The summed E-state index contributed by atoms with van der Waals surface area (Å²) >= 11 is 1.68. The zero-order valence-corrected chi connectivity index (χ0v) is 12.8. The van der Waals surface area contributed by atoms with E-state index < -0.39 is 0 Å². The van der Waals surface area contributed by atoms with Crippen molar-refractivity contribution in [3.8, 4) is 5.88 Å². The summed E-state index contributed by atoms with van der Waals surface area (Å²) in [6, 6.07) is 6.01. The first-order chi connectivity index (χ1) is 10.3. The Morgan fingerprint density at radius 2 is 2.14 bits per heavy atom. The van der Waals surface area contributed by atoms with Gasteiger partial charge in [-0.1, -0.05) is 0 Å². The second-order valence-corrected chi connectivity index (χ2v) is 5.82. The Morgan fingerprint density at radius 3 is 3.00 bits per heavy atom. The lowest BCUT2D eigenvalue weighted by Gasteiger charge is -2.08. The van der Waals surface area contributed by atoms with Crippen LogP contribution in [0.3, 0.4) is 0 Å². The van der Waals surface area contributed by atoms with Crippen molar-refractivity contribution < 1.29 is 4.74 Å². The monoisotopic (exact) mass is 300 g/mol. The van der Waals surface area contributed by atoms with E-state index in [2.05, 4.69) is 33.3 Å². The van der Waals surface area contributed by atoms with E-state index in [9.17, 15) is 0 Å². The highest BCUT2D eigenvalue weighted by Gasteiger charge is 2.07. The third-order valence-electron chi connectivity index (χ3n) is 3.00. The van der Waals surface area contributed by atoms with Crippen LogP contribution in [0, 0.1) is 6.92 Å². The quantitative estimate of drug-likeness (QED) is 0.782. The van der Waals surface area contributed by atoms with Gasteiger partial charge in [0.2, 0.25) is 5.88 Å². The summed E-state index contributed by atoms with van der Waals surface area (Å²) in [4.78, 5) is 15.0. The second-order valence-electron chi connectivity index (χ2n) is 4.59. The summed E-state index contributed by atoms with van der Waals surface area (Å²) in [5.74, 6) is 1.51. The average molecular weight is 300 g/mol. The molecule has 3 heterocycles. The Hall–Kier alpha value is -2.21. The molecule has 5 nitrogen and oxygen atoms in total. The van der Waals surface area contributed by atoms with Crippen LogP contribution < -0.4 is 10.1 Å². The molecule has 0 spiro atoms. The van der Waals surface area contributed by atoms with E-state index in [-0.39, 0.29) is 0 Å². The van der Waals surface area contributed by atoms with Crippen LogP contribution in [-0.2, 0) is 6.54 Å². The van der Waals surface area contributed by atoms with Gasteiger partial charge in [-0.15, -0.1) is 11.3 Å². The van der Waals surface area contributed by atoms with E-state index in [0.717, 1.165) is 21.6 Å². The number of aromatic nitrogens is 3. The van der Waals surface area contributed by atoms with Gasteiger partial charge >= 0.3 is 0 Å². The fourth-order valence-corrected chi connectivity index (χ4v) is 2.94. The lowest BCUT2D eigenvalue weighted by Crippen LogP contribution is -2.03. The molecule has 108 valence electrons. The fourth-order valence-electron chi connectivity index (χ4n) is 2.09. The molecule has 0 saturated heterocycles. The minimum Gasteiger partial charge on any atom is -0.478 e. The first kappa shape index (κ1) is 13.8. The lowest BCUT2D eigenvalue weighted by atomic mass is 10.2. The first-order valence-electron chi connectivity index (χ1n) is 6.79. The number of aryl methyl sites for hydroxylation is 1. The minimum atomic E-state index is 0.616. The number of rotatable bonds is 5. The van der Waals surface area contributed by atoms with E-state index in [1.807, 2.05) is 19.1 Å². The number of ether oxygens (including phenoxy) is 1. The van der Waals surface area contributed by atoms with Gasteiger partial charge in [-0.2, -0.15) is 0 Å². The molecule has 0 amide bonds. The van der Waals surface area contributed by atoms with E-state index in [1.54, 1.807) is 23.9 Å². The van der Waals surface area contributed by atoms with Crippen LogP contribution in [0.25, 0.3) is 10.2 Å². The maximum Gasteiger partial charge on any atom is 0.213 e. The summed E-state index contributed by atoms with van der Waals surface area (Å²) in [6.45, 7) is 5.31. The van der Waals surface area contributed by atoms with Crippen molar-refractivity contribution in [2.45, 2.75) is 20.4 Å². The minimum absolute atomic E-state index is 0.616. The molecule has 3 aromatic rings. The molecule has 0 aliphatic rings. The van der Waals surface area contributed by atoms with Crippen LogP contribution >= 0.6 is 11.3 Å². The average Bonchev–Trinajstić information content (AvgIpc) is 2.86. The van der Waals surface area contributed by atoms with Crippen LogP contribution in [-0.4, -0.2) is 21.6 Å². The Balaban J connectivity index is 1.78. The highest BCUT2D eigenvalue weighted by atomic mass is 32.1. The molecule has 3 rings (SSSR count). The maximum atomic E-state index is 5.41. The van der Waals surface area contributed by atoms with Crippen molar-refractivity contribution in [1.82, 2.24) is 15.0 Å². The topological polar surface area (TPSA) is 59.9 Å². The highest BCUT2D eigenvalue weighted by molar-refractivity contribution is 7.18. The van der Waals surface area contributed by atoms with Crippen molar-refractivity contribution in [2.75, 3.05) is 11.9 Å². The van der Waals surface area contributed by atoms with E-state index >= 15 is 0 Å². The summed E-state index contributed by atoms with van der Waals surface area (Å²) in [5, 5.41) is 4.43. The number of pyridine rings is 1. The van der Waals surface area contributed by atoms with Crippen molar-refractivity contribution in [1.29, 1.82) is 0 Å². The number of nitrogens with zero attached hydrogens (tertiary/aromatic N) is 3. The number of nitrogens with one attached hydrogen (secondary N) is 1. The van der Waals surface area contributed by atoms with Gasteiger partial charge < -0.3 is 10.1 Å². The van der Waals surface area contributed by atoms with Gasteiger partial charge in [0.25, 0.3) is 0 Å². The number of hydrogen-bond acceptors (Lipinski definition) is 6. The molecule has 0 saturated carbocycles. The molecule has 0 aromatic carbocycles. The zero-order valence-electron chi connectivity index (χ0n) is 12.0. The second kappa shape index (κ2) is 6.05. The lowest BCUT2D eigenvalue weighted by molar-refractivity contribution is 0.326. The SMILES string of the molecule is CCOc1cc(CNc2ncnc3sc(C)cc23)ccn1. The van der Waals surface area contributed by atoms with Crippen LogP contribution in [0.15, 0.2) is 30.7 Å². The third-order valence-corrected chi connectivity index (χ3v) is 3.96. The highest BCUT2D eigenvalue weighted by Crippen LogP contribution is 2.27. The molecule has 0 aliphatic carbocycles. The molecule has 3 aromatic heterocycles. The van der Waals surface area contributed by atoms with Gasteiger partial charge in [-0.3, -0.25) is 0 Å². The van der Waals surface area contributed by atoms with Gasteiger partial charge in [0.1, 0.15) is 17.0 Å². The number of hydrogen-bond donors (Lipinski definition) is 1. The number of fused-ring (bicyclic) bond motifs is 1. The van der Waals surface area contributed by atoms with Crippen molar-refractivity contribution in [3.05, 3.63) is 41.2 Å². The van der Waals surface area contributed by atoms with Gasteiger partial charge in [0, 0.05) is 23.7 Å². The van der Waals surface area contributed by atoms with Crippen LogP contribution in [0.2, 0.25) is 0 Å². The standard InChI is InChI=1S/C15H16N4OS/c1-3-20-13-7-11(4-5-16-13)8-17-14-12-6-10(2)21-15(12)19-9-18-14/h4-7,9H,3,8H2,1-2H3,(H,17,18,19). The Labute approximate surface area is 127 Å². The molecule has 1 N–H and O–H groups in total. The summed E-state index contributed by atoms with van der Waals surface area (Å²) in [5.41, 5.74) is 1.10. The summed E-state index contributed by atoms with van der Waals surface area (Å²) in [7, 11) is 0. The molecule has 0 unspecified atom stereocenters. The third kappa shape index (κ3) is 3.11. The number of anilines is 1. The predicted molar refractivity (Wildman–Crippen MR) is 84.9 cm³/mol. The van der Waals surface area contributed by atoms with Crippen molar-refractivity contribution >= 4 is 27.4 Å². The molecule has 0 fully saturated rings. The van der Waals surface area contributed by atoms with Gasteiger partial charge in [-0.25, -0.2) is 15.0 Å². The van der Waals surface area contributed by atoms with E-state index in [4.69, 9.17) is 4.74 Å². The Morgan fingerprint density at radius 1 is 1.24 bits per heavy atom. The first-order valence-corrected chi connectivity index (χ1v) is 7.60. The van der Waals surface area contributed by atoms with Crippen LogP contribution in [0.4, 0.5) is 5.82 Å². The largest absolute Gasteiger partial charge is 0.478 e. The molecule has 6 heteroatoms. The van der Waals surface area contributed by atoms with Crippen molar-refractivity contribution in [3.63, 3.8) is 0 Å². The van der Waals surface area contributed by atoms with Crippen LogP contribution in [0.5, 0.6) is 5.88 Å². The number of thiophene rings is 1. The summed E-state index contributed by atoms with van der Waals surface area (Å²) in [6.07, 6.45) is 3.35. The Kier molecular flexibility index (Phi) is 3.96.